The number of pyridine rings is 1. The third-order valence-corrected chi connectivity index (χ3v) is 3.73. The fourth-order valence-corrected chi connectivity index (χ4v) is 2.35. The molecule has 0 bridgehead atoms. The number of nitrogens with zero attached hydrogens (tertiary/aromatic N) is 2. The molecule has 0 radical (unpaired) electrons. The molecule has 0 unspecified atom stereocenters. The molecule has 1 amide bonds. The predicted octanol–water partition coefficient (Wildman–Crippen LogP) is 4.50. The van der Waals surface area contributed by atoms with Crippen molar-refractivity contribution < 1.29 is 9.32 Å². The molecule has 6 heteroatoms. The highest BCUT2D eigenvalue weighted by Gasteiger charge is 2.10. The molecule has 2 heterocycles. The zero-order chi connectivity index (χ0) is 17.8. The molecule has 2 N–H and O–H groups in total. The van der Waals surface area contributed by atoms with Crippen LogP contribution in [0.2, 0.25) is 0 Å². The summed E-state index contributed by atoms with van der Waals surface area (Å²) in [6.07, 6.45) is 1.58. The van der Waals surface area contributed by atoms with Gasteiger partial charge < -0.3 is 15.2 Å². The van der Waals surface area contributed by atoms with E-state index in [-0.39, 0.29) is 5.91 Å². The van der Waals surface area contributed by atoms with Gasteiger partial charge in [0.25, 0.3) is 5.91 Å². The molecule has 0 aliphatic heterocycles. The van der Waals surface area contributed by atoms with Crippen LogP contribution in [0.25, 0.3) is 0 Å². The topological polar surface area (TPSA) is 80.0 Å². The first-order valence-electron chi connectivity index (χ1n) is 8.09. The zero-order valence-electron chi connectivity index (χ0n) is 14.4. The fourth-order valence-electron chi connectivity index (χ4n) is 2.35. The highest BCUT2D eigenvalue weighted by molar-refractivity contribution is 6.03. The molecule has 0 atom stereocenters. The lowest BCUT2D eigenvalue weighted by atomic mass is 10.0. The smallest absolute Gasteiger partial charge is 0.274 e. The number of benzene rings is 1. The van der Waals surface area contributed by atoms with Crippen molar-refractivity contribution in [2.45, 2.75) is 26.7 Å². The van der Waals surface area contributed by atoms with Gasteiger partial charge in [-0.2, -0.15) is 0 Å². The maximum atomic E-state index is 12.4. The molecule has 0 spiro atoms. The molecule has 6 nitrogen and oxygen atoms in total. The fraction of sp³-hybridized carbons (Fsp3) is 0.211. The number of rotatable bonds is 5. The Morgan fingerprint density at radius 2 is 1.84 bits per heavy atom. The van der Waals surface area contributed by atoms with Gasteiger partial charge in [0.05, 0.1) is 0 Å². The van der Waals surface area contributed by atoms with Crippen LogP contribution in [-0.2, 0) is 0 Å². The van der Waals surface area contributed by atoms with Gasteiger partial charge in [0.15, 0.2) is 5.82 Å². The molecule has 128 valence electrons. The Morgan fingerprint density at radius 3 is 2.48 bits per heavy atom. The lowest BCUT2D eigenvalue weighted by Crippen LogP contribution is -2.13. The maximum absolute atomic E-state index is 12.4. The Balaban J connectivity index is 1.70. The van der Waals surface area contributed by atoms with Crippen LogP contribution in [0.5, 0.6) is 0 Å². The summed E-state index contributed by atoms with van der Waals surface area (Å²) in [7, 11) is 0. The van der Waals surface area contributed by atoms with Crippen LogP contribution >= 0.6 is 0 Å². The molecule has 0 saturated heterocycles. The molecule has 0 aliphatic rings. The number of carbonyl (C=O) groups is 1. The van der Waals surface area contributed by atoms with Crippen molar-refractivity contribution in [3.8, 4) is 0 Å². The van der Waals surface area contributed by atoms with Crippen LogP contribution in [-0.4, -0.2) is 16.0 Å². The van der Waals surface area contributed by atoms with Crippen molar-refractivity contribution >= 4 is 23.1 Å². The number of hydrogen-bond acceptors (Lipinski definition) is 5. The summed E-state index contributed by atoms with van der Waals surface area (Å²) in [4.78, 5) is 16.5. The Kier molecular flexibility index (Phi) is 4.79. The van der Waals surface area contributed by atoms with Crippen molar-refractivity contribution in [3.05, 3.63) is 65.7 Å². The normalized spacial score (nSPS) is 10.7. The minimum Gasteiger partial charge on any atom is -0.360 e. The number of amides is 1. The predicted molar refractivity (Wildman–Crippen MR) is 97.2 cm³/mol. The van der Waals surface area contributed by atoms with Gasteiger partial charge in [-0.1, -0.05) is 31.1 Å². The largest absolute Gasteiger partial charge is 0.360 e. The van der Waals surface area contributed by atoms with Crippen LogP contribution in [0.4, 0.5) is 17.2 Å². The van der Waals surface area contributed by atoms with E-state index in [1.807, 2.05) is 31.2 Å². The Morgan fingerprint density at radius 1 is 1.08 bits per heavy atom. The third-order valence-electron chi connectivity index (χ3n) is 3.73. The molecule has 0 aliphatic carbocycles. The van der Waals surface area contributed by atoms with Gasteiger partial charge in [0, 0.05) is 23.6 Å². The summed E-state index contributed by atoms with van der Waals surface area (Å²) in [6, 6.07) is 13.0. The van der Waals surface area contributed by atoms with E-state index in [1.54, 1.807) is 24.4 Å². The van der Waals surface area contributed by atoms with E-state index in [9.17, 15) is 4.79 Å². The first kappa shape index (κ1) is 16.7. The SMILES string of the molecule is Cc1cc(Nc2ccnc(C(=O)Nc3ccc(C(C)C)cc3)c2)no1. The standard InChI is InChI=1S/C19H20N4O2/c1-12(2)14-4-6-15(7-5-14)22-19(24)17-11-16(8-9-20-17)21-18-10-13(3)25-23-18/h4-12H,1-3H3,(H,22,24)(H,20,21,23). The second-order valence-electron chi connectivity index (χ2n) is 6.11. The van der Waals surface area contributed by atoms with Crippen LogP contribution < -0.4 is 10.6 Å². The van der Waals surface area contributed by atoms with Crippen molar-refractivity contribution in [1.29, 1.82) is 0 Å². The lowest BCUT2D eigenvalue weighted by Gasteiger charge is -2.09. The summed E-state index contributed by atoms with van der Waals surface area (Å²) in [5, 5.41) is 9.80. The molecule has 1 aromatic carbocycles. The number of aryl methyl sites for hydroxylation is 1. The highest BCUT2D eigenvalue weighted by atomic mass is 16.5. The Bertz CT molecular complexity index is 869. The van der Waals surface area contributed by atoms with Crippen LogP contribution in [0.3, 0.4) is 0 Å². The lowest BCUT2D eigenvalue weighted by molar-refractivity contribution is 0.102. The van der Waals surface area contributed by atoms with E-state index in [4.69, 9.17) is 4.52 Å². The maximum Gasteiger partial charge on any atom is 0.274 e. The second kappa shape index (κ2) is 7.17. The number of anilines is 3. The van der Waals surface area contributed by atoms with Crippen LogP contribution in [0, 0.1) is 6.92 Å². The molecule has 0 saturated carbocycles. The van der Waals surface area contributed by atoms with E-state index in [1.165, 1.54) is 5.56 Å². The summed E-state index contributed by atoms with van der Waals surface area (Å²) < 4.78 is 5.01. The monoisotopic (exact) mass is 336 g/mol. The number of hydrogen-bond donors (Lipinski definition) is 2. The molecular formula is C19H20N4O2. The number of aromatic nitrogens is 2. The highest BCUT2D eigenvalue weighted by Crippen LogP contribution is 2.19. The van der Waals surface area contributed by atoms with Gasteiger partial charge >= 0.3 is 0 Å². The first-order chi connectivity index (χ1) is 12.0. The van der Waals surface area contributed by atoms with Crippen molar-refractivity contribution in [2.24, 2.45) is 0 Å². The molecule has 25 heavy (non-hydrogen) atoms. The molecule has 0 fully saturated rings. The average Bonchev–Trinajstić information content (AvgIpc) is 3.00. The van der Waals surface area contributed by atoms with Gasteiger partial charge in [-0.05, 0) is 42.7 Å². The van der Waals surface area contributed by atoms with Crippen LogP contribution in [0.15, 0.2) is 53.2 Å². The minimum absolute atomic E-state index is 0.266. The number of carbonyl (C=O) groups excluding carboxylic acids is 1. The van der Waals surface area contributed by atoms with Crippen molar-refractivity contribution in [3.63, 3.8) is 0 Å². The van der Waals surface area contributed by atoms with E-state index in [0.29, 0.717) is 28.9 Å². The molecule has 3 aromatic rings. The number of nitrogens with one attached hydrogen (secondary N) is 2. The van der Waals surface area contributed by atoms with Gasteiger partial charge in [0.2, 0.25) is 0 Å². The summed E-state index contributed by atoms with van der Waals surface area (Å²) in [5.41, 5.74) is 2.99. The summed E-state index contributed by atoms with van der Waals surface area (Å²) in [6.45, 7) is 6.08. The second-order valence-corrected chi connectivity index (χ2v) is 6.11. The van der Waals surface area contributed by atoms with E-state index in [2.05, 4.69) is 34.6 Å². The summed E-state index contributed by atoms with van der Waals surface area (Å²) >= 11 is 0. The van der Waals surface area contributed by atoms with Crippen molar-refractivity contribution in [1.82, 2.24) is 10.1 Å². The van der Waals surface area contributed by atoms with E-state index >= 15 is 0 Å². The molecule has 2 aromatic heterocycles. The van der Waals surface area contributed by atoms with Gasteiger partial charge in [-0.3, -0.25) is 9.78 Å². The third kappa shape index (κ3) is 4.23. The summed E-state index contributed by atoms with van der Waals surface area (Å²) in [5.74, 6) is 1.48. The zero-order valence-corrected chi connectivity index (χ0v) is 14.4. The first-order valence-corrected chi connectivity index (χ1v) is 8.09. The van der Waals surface area contributed by atoms with Gasteiger partial charge in [0.1, 0.15) is 11.5 Å². The van der Waals surface area contributed by atoms with Gasteiger partial charge in [-0.15, -0.1) is 0 Å². The Labute approximate surface area is 146 Å². The van der Waals surface area contributed by atoms with E-state index in [0.717, 1.165) is 5.69 Å². The molecular weight excluding hydrogens is 316 g/mol. The minimum atomic E-state index is -0.266. The van der Waals surface area contributed by atoms with E-state index < -0.39 is 0 Å². The Hall–Kier alpha value is -3.15. The average molecular weight is 336 g/mol. The van der Waals surface area contributed by atoms with Crippen molar-refractivity contribution in [2.75, 3.05) is 10.6 Å². The quantitative estimate of drug-likeness (QED) is 0.717. The van der Waals surface area contributed by atoms with Crippen LogP contribution in [0.1, 0.15) is 41.6 Å². The van der Waals surface area contributed by atoms with Gasteiger partial charge in [-0.25, -0.2) is 0 Å². The molecule has 3 rings (SSSR count).